The zero-order chi connectivity index (χ0) is 15.5. The second-order valence-corrected chi connectivity index (χ2v) is 5.01. The molecular weight excluding hydrogens is 280 g/mol. The summed E-state index contributed by atoms with van der Waals surface area (Å²) in [6.45, 7) is 2.33. The first kappa shape index (κ1) is 14.1. The van der Waals surface area contributed by atoms with E-state index in [1.165, 1.54) is 4.90 Å². The van der Waals surface area contributed by atoms with Gasteiger partial charge in [-0.15, -0.1) is 0 Å². The van der Waals surface area contributed by atoms with E-state index in [1.54, 1.807) is 12.1 Å². The Balaban J connectivity index is 1.83. The minimum Gasteiger partial charge on any atom is -0.457 e. The Morgan fingerprint density at radius 1 is 1.14 bits per heavy atom. The zero-order valence-electron chi connectivity index (χ0n) is 12.2. The van der Waals surface area contributed by atoms with Gasteiger partial charge in [0, 0.05) is 18.2 Å². The number of hydrogen-bond acceptors (Lipinski definition) is 3. The van der Waals surface area contributed by atoms with E-state index < -0.39 is 0 Å². The maximum absolute atomic E-state index is 12.1. The van der Waals surface area contributed by atoms with Crippen molar-refractivity contribution in [1.82, 2.24) is 10.2 Å². The summed E-state index contributed by atoms with van der Waals surface area (Å²) in [4.78, 5) is 25.0. The van der Waals surface area contributed by atoms with Crippen LogP contribution in [-0.2, 0) is 4.79 Å². The van der Waals surface area contributed by atoms with Crippen LogP contribution in [0.25, 0.3) is 17.4 Å². The Hall–Kier alpha value is -2.82. The summed E-state index contributed by atoms with van der Waals surface area (Å²) in [6.07, 6.45) is 2.29. The highest BCUT2D eigenvalue weighted by Gasteiger charge is 2.32. The number of urea groups is 1. The highest BCUT2D eigenvalue weighted by Crippen LogP contribution is 2.23. The second kappa shape index (κ2) is 5.89. The number of nitrogens with one attached hydrogen (secondary N) is 1. The monoisotopic (exact) mass is 296 g/mol. The van der Waals surface area contributed by atoms with Crippen LogP contribution in [0, 0.1) is 0 Å². The number of nitrogens with zero attached hydrogens (tertiary/aromatic N) is 1. The van der Waals surface area contributed by atoms with Crippen LogP contribution in [0.15, 0.2) is 52.6 Å². The molecule has 0 radical (unpaired) electrons. The SMILES string of the molecule is CCCN1C(=O)N/C(=C/c2ccc(-c3ccccc3)o2)C1=O. The summed E-state index contributed by atoms with van der Waals surface area (Å²) in [5, 5.41) is 2.57. The Labute approximate surface area is 128 Å². The number of benzene rings is 1. The van der Waals surface area contributed by atoms with Crippen LogP contribution in [0.3, 0.4) is 0 Å². The number of hydrogen-bond donors (Lipinski definition) is 1. The van der Waals surface area contributed by atoms with Crippen molar-refractivity contribution in [2.45, 2.75) is 13.3 Å². The molecule has 22 heavy (non-hydrogen) atoms. The van der Waals surface area contributed by atoms with Crippen molar-refractivity contribution in [3.63, 3.8) is 0 Å². The summed E-state index contributed by atoms with van der Waals surface area (Å²) >= 11 is 0. The van der Waals surface area contributed by atoms with E-state index in [1.807, 2.05) is 43.3 Å². The molecule has 3 rings (SSSR count). The Morgan fingerprint density at radius 3 is 2.64 bits per heavy atom. The molecule has 0 spiro atoms. The van der Waals surface area contributed by atoms with Gasteiger partial charge >= 0.3 is 6.03 Å². The minimum atomic E-state index is -0.382. The lowest BCUT2D eigenvalue weighted by molar-refractivity contribution is -0.122. The highest BCUT2D eigenvalue weighted by molar-refractivity contribution is 6.13. The van der Waals surface area contributed by atoms with Gasteiger partial charge in [-0.2, -0.15) is 0 Å². The fourth-order valence-electron chi connectivity index (χ4n) is 2.33. The van der Waals surface area contributed by atoms with Crippen LogP contribution in [0.1, 0.15) is 19.1 Å². The van der Waals surface area contributed by atoms with Crippen molar-refractivity contribution in [3.8, 4) is 11.3 Å². The fraction of sp³-hybridized carbons (Fsp3) is 0.176. The maximum atomic E-state index is 12.1. The highest BCUT2D eigenvalue weighted by atomic mass is 16.3. The molecule has 1 aliphatic rings. The molecule has 0 saturated carbocycles. The fourth-order valence-corrected chi connectivity index (χ4v) is 2.33. The molecule has 1 aromatic heterocycles. The second-order valence-electron chi connectivity index (χ2n) is 5.01. The van der Waals surface area contributed by atoms with Crippen LogP contribution in [-0.4, -0.2) is 23.4 Å². The first-order valence-corrected chi connectivity index (χ1v) is 7.19. The predicted molar refractivity (Wildman–Crippen MR) is 82.7 cm³/mol. The molecule has 3 amide bonds. The number of rotatable bonds is 4. The van der Waals surface area contributed by atoms with Gasteiger partial charge in [0.15, 0.2) is 0 Å². The normalized spacial score (nSPS) is 16.4. The van der Waals surface area contributed by atoms with Crippen molar-refractivity contribution in [2.24, 2.45) is 0 Å². The minimum absolute atomic E-state index is 0.243. The largest absolute Gasteiger partial charge is 0.457 e. The van der Waals surface area contributed by atoms with Gasteiger partial charge in [0.2, 0.25) is 0 Å². The lowest BCUT2D eigenvalue weighted by Gasteiger charge is -2.08. The first-order chi connectivity index (χ1) is 10.7. The maximum Gasteiger partial charge on any atom is 0.329 e. The van der Waals surface area contributed by atoms with E-state index in [2.05, 4.69) is 5.32 Å². The lowest BCUT2D eigenvalue weighted by Crippen LogP contribution is -2.31. The quantitative estimate of drug-likeness (QED) is 0.696. The Kier molecular flexibility index (Phi) is 3.78. The third kappa shape index (κ3) is 2.65. The van der Waals surface area contributed by atoms with Crippen LogP contribution < -0.4 is 5.32 Å². The molecule has 2 aromatic rings. The van der Waals surface area contributed by atoms with Crippen molar-refractivity contribution in [2.75, 3.05) is 6.54 Å². The third-order valence-corrected chi connectivity index (χ3v) is 3.38. The summed E-state index contributed by atoms with van der Waals surface area (Å²) in [7, 11) is 0. The van der Waals surface area contributed by atoms with Crippen molar-refractivity contribution < 1.29 is 14.0 Å². The lowest BCUT2D eigenvalue weighted by atomic mass is 10.2. The Morgan fingerprint density at radius 2 is 1.91 bits per heavy atom. The molecular formula is C17H16N2O3. The number of amides is 3. The van der Waals surface area contributed by atoms with Gasteiger partial charge < -0.3 is 9.73 Å². The van der Waals surface area contributed by atoms with E-state index >= 15 is 0 Å². The van der Waals surface area contributed by atoms with Crippen LogP contribution >= 0.6 is 0 Å². The number of imide groups is 1. The van der Waals surface area contributed by atoms with Crippen LogP contribution in [0.5, 0.6) is 0 Å². The summed E-state index contributed by atoms with van der Waals surface area (Å²) in [6, 6.07) is 12.9. The van der Waals surface area contributed by atoms with Gasteiger partial charge in [0.25, 0.3) is 5.91 Å². The van der Waals surface area contributed by atoms with E-state index in [4.69, 9.17) is 4.42 Å². The van der Waals surface area contributed by atoms with E-state index in [9.17, 15) is 9.59 Å². The molecule has 1 saturated heterocycles. The molecule has 1 N–H and O–H groups in total. The zero-order valence-corrected chi connectivity index (χ0v) is 12.2. The topological polar surface area (TPSA) is 62.6 Å². The molecule has 0 bridgehead atoms. The number of furan rings is 1. The summed E-state index contributed by atoms with van der Waals surface area (Å²) in [5.74, 6) is 0.931. The van der Waals surface area contributed by atoms with Gasteiger partial charge in [-0.05, 0) is 18.6 Å². The average molecular weight is 296 g/mol. The molecule has 5 heteroatoms. The molecule has 0 aliphatic carbocycles. The van der Waals surface area contributed by atoms with Crippen LogP contribution in [0.4, 0.5) is 4.79 Å². The smallest absolute Gasteiger partial charge is 0.329 e. The number of carbonyl (C=O) groups is 2. The van der Waals surface area contributed by atoms with E-state index in [0.717, 1.165) is 17.7 Å². The summed E-state index contributed by atoms with van der Waals surface area (Å²) in [5.41, 5.74) is 1.20. The molecule has 5 nitrogen and oxygen atoms in total. The first-order valence-electron chi connectivity index (χ1n) is 7.19. The predicted octanol–water partition coefficient (Wildman–Crippen LogP) is 3.25. The van der Waals surface area contributed by atoms with Crippen molar-refractivity contribution in [3.05, 3.63) is 53.9 Å². The van der Waals surface area contributed by atoms with Gasteiger partial charge in [-0.1, -0.05) is 37.3 Å². The van der Waals surface area contributed by atoms with Gasteiger partial charge in [0.05, 0.1) is 0 Å². The van der Waals surface area contributed by atoms with Gasteiger partial charge in [-0.25, -0.2) is 4.79 Å². The Bertz CT molecular complexity index is 731. The molecule has 1 fully saturated rings. The molecule has 0 atom stereocenters. The van der Waals surface area contributed by atoms with Gasteiger partial charge in [0.1, 0.15) is 17.2 Å². The van der Waals surface area contributed by atoms with E-state index in [0.29, 0.717) is 12.3 Å². The third-order valence-electron chi connectivity index (χ3n) is 3.38. The van der Waals surface area contributed by atoms with Gasteiger partial charge in [-0.3, -0.25) is 9.69 Å². The molecule has 112 valence electrons. The van der Waals surface area contributed by atoms with Crippen molar-refractivity contribution in [1.29, 1.82) is 0 Å². The summed E-state index contributed by atoms with van der Waals surface area (Å²) < 4.78 is 5.71. The van der Waals surface area contributed by atoms with Crippen LogP contribution in [0.2, 0.25) is 0 Å². The number of carbonyl (C=O) groups excluding carboxylic acids is 2. The standard InChI is InChI=1S/C17H16N2O3/c1-2-10-19-16(20)14(18-17(19)21)11-13-8-9-15(22-13)12-6-4-3-5-7-12/h3-9,11H,2,10H2,1H3,(H,18,21)/b14-11+. The molecule has 1 aliphatic heterocycles. The molecule has 0 unspecified atom stereocenters. The molecule has 2 heterocycles. The molecule has 1 aromatic carbocycles. The van der Waals surface area contributed by atoms with Crippen molar-refractivity contribution >= 4 is 18.0 Å². The van der Waals surface area contributed by atoms with E-state index in [-0.39, 0.29) is 17.6 Å². The average Bonchev–Trinajstić information content (AvgIpc) is 3.09.